The van der Waals surface area contributed by atoms with Crippen molar-refractivity contribution < 1.29 is 19.2 Å². The van der Waals surface area contributed by atoms with Crippen LogP contribution in [0.2, 0.25) is 0 Å². The maximum atomic E-state index is 14.1. The summed E-state index contributed by atoms with van der Waals surface area (Å²) in [6.07, 6.45) is 5.05. The summed E-state index contributed by atoms with van der Waals surface area (Å²) in [4.78, 5) is 60.0. The van der Waals surface area contributed by atoms with Crippen molar-refractivity contribution in [1.82, 2.24) is 4.90 Å². The van der Waals surface area contributed by atoms with Crippen molar-refractivity contribution in [3.05, 3.63) is 84.4 Å². The number of rotatable bonds is 11. The number of para-hydroxylation sites is 2. The van der Waals surface area contributed by atoms with E-state index in [1.165, 1.54) is 26.5 Å². The number of primary amides is 1. The lowest BCUT2D eigenvalue weighted by Gasteiger charge is -2.37. The number of carbonyl (C=O) groups is 4. The summed E-state index contributed by atoms with van der Waals surface area (Å²) >= 11 is 1.20. The van der Waals surface area contributed by atoms with Crippen LogP contribution in [0.4, 0.5) is 21.9 Å². The molecule has 4 rings (SSSR count). The fourth-order valence-electron chi connectivity index (χ4n) is 5.43. The van der Waals surface area contributed by atoms with Crippen LogP contribution in [0.5, 0.6) is 0 Å². The number of nitrogens with zero attached hydrogens (tertiary/aromatic N) is 4. The molecule has 3 aromatic carbocycles. The molecule has 1 saturated carbocycles. The van der Waals surface area contributed by atoms with Crippen molar-refractivity contribution >= 4 is 52.6 Å². The molecule has 3 aromatic rings. The van der Waals surface area contributed by atoms with Crippen molar-refractivity contribution in [3.63, 3.8) is 0 Å². The number of aryl methyl sites for hydroxylation is 1. The standard InChI is InChI=1S/C34H41N5O4S/c1-25-13-12-18-28(21-25)39(27-16-8-5-9-17-27)34(43)36(2)22-33(42)38(23-32(41)37(3)26-14-6-4-7-15-26)29-19-10-11-20-30(29)44-24-31(35)40/h4,6-7,10-15,18-21,27H,5,8-9,16-17,22-24H2,1-3H3,(H2,35,40). The monoisotopic (exact) mass is 615 g/mol. The van der Waals surface area contributed by atoms with E-state index < -0.39 is 11.8 Å². The van der Waals surface area contributed by atoms with Gasteiger partial charge in [-0.05, 0) is 61.7 Å². The molecule has 0 bridgehead atoms. The minimum absolute atomic E-state index is 0.0160. The van der Waals surface area contributed by atoms with Crippen molar-refractivity contribution in [2.45, 2.75) is 50.0 Å². The highest BCUT2D eigenvalue weighted by atomic mass is 32.2. The van der Waals surface area contributed by atoms with Gasteiger partial charge in [-0.25, -0.2) is 4.79 Å². The Hall–Kier alpha value is -4.31. The van der Waals surface area contributed by atoms with E-state index in [-0.39, 0.29) is 36.8 Å². The van der Waals surface area contributed by atoms with Crippen LogP contribution in [-0.4, -0.2) is 67.6 Å². The highest BCUT2D eigenvalue weighted by Gasteiger charge is 2.32. The molecule has 1 fully saturated rings. The zero-order chi connectivity index (χ0) is 31.6. The smallest absolute Gasteiger partial charge is 0.324 e. The fourth-order valence-corrected chi connectivity index (χ4v) is 6.23. The average Bonchev–Trinajstić information content (AvgIpc) is 3.03. The molecule has 44 heavy (non-hydrogen) atoms. The lowest BCUT2D eigenvalue weighted by molar-refractivity contribution is -0.122. The Morgan fingerprint density at radius 3 is 2.14 bits per heavy atom. The van der Waals surface area contributed by atoms with E-state index in [1.54, 1.807) is 38.4 Å². The summed E-state index contributed by atoms with van der Waals surface area (Å²) in [6.45, 7) is 1.49. The second-order valence-electron chi connectivity index (χ2n) is 11.1. The maximum Gasteiger partial charge on any atom is 0.324 e. The molecule has 0 aromatic heterocycles. The van der Waals surface area contributed by atoms with Gasteiger partial charge in [-0.2, -0.15) is 0 Å². The molecule has 232 valence electrons. The van der Waals surface area contributed by atoms with Crippen LogP contribution in [0.15, 0.2) is 83.8 Å². The van der Waals surface area contributed by atoms with Crippen molar-refractivity contribution in [1.29, 1.82) is 0 Å². The van der Waals surface area contributed by atoms with Gasteiger partial charge < -0.3 is 20.4 Å². The number of urea groups is 1. The third-order valence-corrected chi connectivity index (χ3v) is 8.85. The highest BCUT2D eigenvalue weighted by Crippen LogP contribution is 2.32. The molecule has 0 saturated heterocycles. The number of hydrogen-bond acceptors (Lipinski definition) is 5. The number of nitrogens with two attached hydrogens (primary N) is 1. The van der Waals surface area contributed by atoms with Crippen LogP contribution in [0.1, 0.15) is 37.7 Å². The number of amides is 5. The van der Waals surface area contributed by atoms with E-state index >= 15 is 0 Å². The third-order valence-electron chi connectivity index (χ3n) is 7.76. The van der Waals surface area contributed by atoms with E-state index in [0.29, 0.717) is 16.3 Å². The molecular weight excluding hydrogens is 574 g/mol. The minimum atomic E-state index is -0.494. The largest absolute Gasteiger partial charge is 0.369 e. The third kappa shape index (κ3) is 8.41. The number of benzene rings is 3. The molecule has 0 aliphatic heterocycles. The van der Waals surface area contributed by atoms with Gasteiger partial charge in [0.25, 0.3) is 0 Å². The van der Waals surface area contributed by atoms with E-state index in [4.69, 9.17) is 5.73 Å². The first-order chi connectivity index (χ1) is 21.2. The Kier molecular flexibility index (Phi) is 11.4. The topological polar surface area (TPSA) is 107 Å². The van der Waals surface area contributed by atoms with Gasteiger partial charge in [0.05, 0.1) is 11.4 Å². The van der Waals surface area contributed by atoms with Crippen LogP contribution in [0.25, 0.3) is 0 Å². The van der Waals surface area contributed by atoms with Crippen LogP contribution in [-0.2, 0) is 14.4 Å². The maximum absolute atomic E-state index is 14.1. The molecule has 2 N–H and O–H groups in total. The van der Waals surface area contributed by atoms with Gasteiger partial charge in [0.2, 0.25) is 17.7 Å². The molecule has 0 heterocycles. The van der Waals surface area contributed by atoms with Gasteiger partial charge in [0.15, 0.2) is 0 Å². The summed E-state index contributed by atoms with van der Waals surface area (Å²) < 4.78 is 0. The van der Waals surface area contributed by atoms with E-state index in [1.807, 2.05) is 66.4 Å². The highest BCUT2D eigenvalue weighted by molar-refractivity contribution is 8.00. The summed E-state index contributed by atoms with van der Waals surface area (Å²) in [5.74, 6) is -1.21. The Morgan fingerprint density at radius 1 is 0.795 bits per heavy atom. The fraction of sp³-hybridized carbons (Fsp3) is 0.353. The molecule has 9 nitrogen and oxygen atoms in total. The van der Waals surface area contributed by atoms with E-state index in [2.05, 4.69) is 0 Å². The molecule has 0 radical (unpaired) electrons. The number of anilines is 3. The Labute approximate surface area is 264 Å². The molecule has 0 spiro atoms. The molecule has 5 amide bonds. The number of thioether (sulfide) groups is 1. The van der Waals surface area contributed by atoms with Crippen LogP contribution < -0.4 is 20.4 Å². The molecule has 0 unspecified atom stereocenters. The second kappa shape index (κ2) is 15.4. The lowest BCUT2D eigenvalue weighted by Crippen LogP contribution is -2.52. The number of likely N-dealkylation sites (N-methyl/N-ethyl adjacent to an activating group) is 2. The van der Waals surface area contributed by atoms with Gasteiger partial charge in [0.1, 0.15) is 13.1 Å². The van der Waals surface area contributed by atoms with Crippen molar-refractivity contribution in [2.75, 3.05) is 47.6 Å². The minimum Gasteiger partial charge on any atom is -0.369 e. The summed E-state index contributed by atoms with van der Waals surface area (Å²) in [6, 6.07) is 23.9. The van der Waals surface area contributed by atoms with Crippen LogP contribution in [0.3, 0.4) is 0 Å². The molecule has 10 heteroatoms. The van der Waals surface area contributed by atoms with Gasteiger partial charge in [-0.1, -0.05) is 61.7 Å². The Balaban J connectivity index is 1.62. The predicted molar refractivity (Wildman–Crippen MR) is 177 cm³/mol. The Morgan fingerprint density at radius 2 is 1.45 bits per heavy atom. The van der Waals surface area contributed by atoms with Gasteiger partial charge >= 0.3 is 6.03 Å². The summed E-state index contributed by atoms with van der Waals surface area (Å²) in [7, 11) is 3.28. The number of carbonyl (C=O) groups excluding carboxylic acids is 4. The summed E-state index contributed by atoms with van der Waals surface area (Å²) in [5.41, 5.74) is 8.43. The second-order valence-corrected chi connectivity index (χ2v) is 12.1. The van der Waals surface area contributed by atoms with Crippen molar-refractivity contribution in [2.24, 2.45) is 5.73 Å². The van der Waals surface area contributed by atoms with Crippen molar-refractivity contribution in [3.8, 4) is 0 Å². The SMILES string of the molecule is Cc1cccc(N(C(=O)N(C)CC(=O)N(CC(=O)N(C)c2ccccc2)c2ccccc2SCC(N)=O)C2CCCCC2)c1. The summed E-state index contributed by atoms with van der Waals surface area (Å²) in [5, 5.41) is 0. The van der Waals surface area contributed by atoms with E-state index in [0.717, 1.165) is 43.4 Å². The van der Waals surface area contributed by atoms with E-state index in [9.17, 15) is 19.2 Å². The molecule has 0 atom stereocenters. The quantitative estimate of drug-likeness (QED) is 0.289. The van der Waals surface area contributed by atoms with Gasteiger partial charge in [0, 0.05) is 36.4 Å². The zero-order valence-corrected chi connectivity index (χ0v) is 26.5. The average molecular weight is 616 g/mol. The zero-order valence-electron chi connectivity index (χ0n) is 25.6. The van der Waals surface area contributed by atoms with Crippen LogP contribution >= 0.6 is 11.8 Å². The Bertz CT molecular complexity index is 1460. The molecule has 1 aliphatic carbocycles. The first-order valence-electron chi connectivity index (χ1n) is 14.9. The normalized spacial score (nSPS) is 13.2. The molecule has 1 aliphatic rings. The van der Waals surface area contributed by atoms with Crippen LogP contribution in [0, 0.1) is 6.92 Å². The number of hydrogen-bond donors (Lipinski definition) is 1. The lowest BCUT2D eigenvalue weighted by atomic mass is 9.94. The molecular formula is C34H41N5O4S. The first kappa shape index (κ1) is 32.6. The first-order valence-corrected chi connectivity index (χ1v) is 15.9. The van der Waals surface area contributed by atoms with Gasteiger partial charge in [-0.15, -0.1) is 11.8 Å². The predicted octanol–water partition coefficient (Wildman–Crippen LogP) is 5.46. The van der Waals surface area contributed by atoms with Gasteiger partial charge in [-0.3, -0.25) is 19.3 Å².